The van der Waals surface area contributed by atoms with Gasteiger partial charge < -0.3 is 19.5 Å². The molecule has 1 N–H and O–H groups in total. The SMILES string of the molecule is COc1cc(C=NN2C(=O)[C@@H]3[C@H](C2=O)[C@H]2C=C[C@H]3C2)cc(OC)c1OCC(=O)Nc1ccccc1C. The molecule has 1 saturated carbocycles. The second-order valence-electron chi connectivity index (χ2n) is 9.14. The number of anilines is 1. The molecule has 186 valence electrons. The van der Waals surface area contributed by atoms with Crippen LogP contribution in [-0.2, 0) is 14.4 Å². The largest absolute Gasteiger partial charge is 0.493 e. The highest BCUT2D eigenvalue weighted by molar-refractivity contribution is 6.06. The molecule has 1 saturated heterocycles. The fourth-order valence-electron chi connectivity index (χ4n) is 5.28. The molecule has 2 aromatic carbocycles. The lowest BCUT2D eigenvalue weighted by Gasteiger charge is -2.16. The van der Waals surface area contributed by atoms with Crippen LogP contribution in [0.5, 0.6) is 17.2 Å². The molecule has 2 fully saturated rings. The van der Waals surface area contributed by atoms with Crippen LogP contribution in [0.15, 0.2) is 53.7 Å². The van der Waals surface area contributed by atoms with Crippen LogP contribution >= 0.6 is 0 Å². The van der Waals surface area contributed by atoms with Gasteiger partial charge in [-0.25, -0.2) is 0 Å². The molecule has 9 heteroatoms. The van der Waals surface area contributed by atoms with Crippen LogP contribution in [0.3, 0.4) is 0 Å². The third-order valence-electron chi connectivity index (χ3n) is 7.02. The van der Waals surface area contributed by atoms with E-state index in [4.69, 9.17) is 14.2 Å². The number of fused-ring (bicyclic) bond motifs is 5. The molecule has 1 heterocycles. The highest BCUT2D eigenvalue weighted by atomic mass is 16.5. The first-order valence-electron chi connectivity index (χ1n) is 11.8. The van der Waals surface area contributed by atoms with Gasteiger partial charge in [0, 0.05) is 11.3 Å². The van der Waals surface area contributed by atoms with E-state index in [1.807, 2.05) is 43.3 Å². The van der Waals surface area contributed by atoms with E-state index >= 15 is 0 Å². The minimum Gasteiger partial charge on any atom is -0.493 e. The Kier molecular flexibility index (Phi) is 6.22. The van der Waals surface area contributed by atoms with Gasteiger partial charge in [-0.05, 0) is 48.9 Å². The molecular formula is C27H27N3O6. The molecule has 0 aromatic heterocycles. The van der Waals surface area contributed by atoms with E-state index in [0.717, 1.165) is 17.0 Å². The second-order valence-corrected chi connectivity index (χ2v) is 9.14. The molecule has 3 aliphatic rings. The number of benzene rings is 2. The Labute approximate surface area is 208 Å². The Bertz CT molecular complexity index is 1230. The number of methoxy groups -OCH3 is 2. The second kappa shape index (κ2) is 9.49. The van der Waals surface area contributed by atoms with Crippen LogP contribution in [0.4, 0.5) is 5.69 Å². The van der Waals surface area contributed by atoms with Crippen molar-refractivity contribution in [1.82, 2.24) is 5.01 Å². The molecule has 0 radical (unpaired) electrons. The number of hydrogen-bond acceptors (Lipinski definition) is 7. The van der Waals surface area contributed by atoms with Gasteiger partial charge in [-0.1, -0.05) is 30.4 Å². The first-order valence-corrected chi connectivity index (χ1v) is 11.8. The summed E-state index contributed by atoms with van der Waals surface area (Å²) < 4.78 is 16.6. The third kappa shape index (κ3) is 4.10. The molecule has 2 aliphatic carbocycles. The van der Waals surface area contributed by atoms with E-state index in [1.165, 1.54) is 20.4 Å². The monoisotopic (exact) mass is 489 g/mol. The number of para-hydroxylation sites is 1. The number of hydrazone groups is 1. The van der Waals surface area contributed by atoms with Crippen LogP contribution in [-0.4, -0.2) is 49.8 Å². The zero-order chi connectivity index (χ0) is 25.4. The van der Waals surface area contributed by atoms with Gasteiger partial charge >= 0.3 is 0 Å². The van der Waals surface area contributed by atoms with E-state index < -0.39 is 0 Å². The number of hydrogen-bond donors (Lipinski definition) is 1. The number of carbonyl (C=O) groups is 3. The third-order valence-corrected chi connectivity index (χ3v) is 7.02. The maximum Gasteiger partial charge on any atom is 0.262 e. The van der Waals surface area contributed by atoms with Crippen molar-refractivity contribution in [2.24, 2.45) is 28.8 Å². The smallest absolute Gasteiger partial charge is 0.262 e. The Morgan fingerprint density at radius 1 is 1.06 bits per heavy atom. The summed E-state index contributed by atoms with van der Waals surface area (Å²) in [5.41, 5.74) is 2.18. The molecular weight excluding hydrogens is 462 g/mol. The van der Waals surface area contributed by atoms with Gasteiger partial charge in [0.25, 0.3) is 17.7 Å². The molecule has 0 unspecified atom stereocenters. The summed E-state index contributed by atoms with van der Waals surface area (Å²) in [7, 11) is 2.93. The van der Waals surface area contributed by atoms with E-state index in [2.05, 4.69) is 10.4 Å². The Hall–Kier alpha value is -4.14. The van der Waals surface area contributed by atoms with Crippen LogP contribution < -0.4 is 19.5 Å². The van der Waals surface area contributed by atoms with Gasteiger partial charge in [0.05, 0.1) is 32.3 Å². The fourth-order valence-corrected chi connectivity index (χ4v) is 5.28. The molecule has 36 heavy (non-hydrogen) atoms. The van der Waals surface area contributed by atoms with Crippen molar-refractivity contribution in [3.8, 4) is 17.2 Å². The predicted octanol–water partition coefficient (Wildman–Crippen LogP) is 3.17. The predicted molar refractivity (Wildman–Crippen MR) is 132 cm³/mol. The average molecular weight is 490 g/mol. The van der Waals surface area contributed by atoms with Crippen molar-refractivity contribution in [2.75, 3.05) is 26.1 Å². The number of amides is 3. The normalized spacial score (nSPS) is 23.9. The molecule has 0 spiro atoms. The fraction of sp³-hybridized carbons (Fsp3) is 0.333. The molecule has 3 amide bonds. The van der Waals surface area contributed by atoms with Crippen molar-refractivity contribution in [3.63, 3.8) is 0 Å². The van der Waals surface area contributed by atoms with Gasteiger partial charge in [0.2, 0.25) is 5.75 Å². The van der Waals surface area contributed by atoms with Gasteiger partial charge in [-0.15, -0.1) is 0 Å². The number of nitrogens with zero attached hydrogens (tertiary/aromatic N) is 2. The average Bonchev–Trinajstić information content (AvgIpc) is 3.56. The van der Waals surface area contributed by atoms with E-state index in [-0.39, 0.29) is 53.7 Å². The summed E-state index contributed by atoms with van der Waals surface area (Å²) in [6.45, 7) is 1.64. The molecule has 5 rings (SSSR count). The van der Waals surface area contributed by atoms with Crippen molar-refractivity contribution in [2.45, 2.75) is 13.3 Å². The Morgan fingerprint density at radius 3 is 2.25 bits per heavy atom. The number of allylic oxidation sites excluding steroid dienone is 2. The number of carbonyl (C=O) groups excluding carboxylic acids is 3. The number of ether oxygens (including phenoxy) is 3. The summed E-state index contributed by atoms with van der Waals surface area (Å²) >= 11 is 0. The minimum atomic E-state index is -0.334. The number of aryl methyl sites for hydroxylation is 1. The summed E-state index contributed by atoms with van der Waals surface area (Å²) in [4.78, 5) is 38.2. The van der Waals surface area contributed by atoms with Gasteiger partial charge in [-0.2, -0.15) is 10.1 Å². The lowest BCUT2D eigenvalue weighted by atomic mass is 9.85. The van der Waals surface area contributed by atoms with Gasteiger partial charge in [0.1, 0.15) is 0 Å². The van der Waals surface area contributed by atoms with Crippen LogP contribution in [0, 0.1) is 30.6 Å². The Balaban J connectivity index is 1.30. The van der Waals surface area contributed by atoms with Gasteiger partial charge in [-0.3, -0.25) is 14.4 Å². The number of imide groups is 1. The Morgan fingerprint density at radius 2 is 1.67 bits per heavy atom. The van der Waals surface area contributed by atoms with Crippen molar-refractivity contribution < 1.29 is 28.6 Å². The highest BCUT2D eigenvalue weighted by Crippen LogP contribution is 2.52. The molecule has 1 aliphatic heterocycles. The lowest BCUT2D eigenvalue weighted by molar-refractivity contribution is -0.140. The quantitative estimate of drug-likeness (QED) is 0.347. The van der Waals surface area contributed by atoms with Crippen molar-refractivity contribution in [3.05, 3.63) is 59.7 Å². The molecule has 2 bridgehead atoms. The van der Waals surface area contributed by atoms with Crippen molar-refractivity contribution in [1.29, 1.82) is 0 Å². The lowest BCUT2D eigenvalue weighted by Crippen LogP contribution is -2.28. The summed E-state index contributed by atoms with van der Waals surface area (Å²) in [6, 6.07) is 10.7. The first-order chi connectivity index (χ1) is 17.4. The first kappa shape index (κ1) is 23.6. The molecule has 2 aromatic rings. The van der Waals surface area contributed by atoms with Gasteiger partial charge in [0.15, 0.2) is 18.1 Å². The molecule has 9 nitrogen and oxygen atoms in total. The summed E-state index contributed by atoms with van der Waals surface area (Å²) in [6.07, 6.45) is 6.37. The number of nitrogens with one attached hydrogen (secondary N) is 1. The van der Waals surface area contributed by atoms with Crippen molar-refractivity contribution >= 4 is 29.6 Å². The summed E-state index contributed by atoms with van der Waals surface area (Å²) in [5.74, 6) is -0.330. The van der Waals surface area contributed by atoms with E-state index in [9.17, 15) is 14.4 Å². The van der Waals surface area contributed by atoms with Crippen LogP contribution in [0.2, 0.25) is 0 Å². The highest BCUT2D eigenvalue weighted by Gasteiger charge is 2.59. The van der Waals surface area contributed by atoms with Crippen LogP contribution in [0.25, 0.3) is 0 Å². The van der Waals surface area contributed by atoms with E-state index in [1.54, 1.807) is 12.1 Å². The maximum absolute atomic E-state index is 12.9. The maximum atomic E-state index is 12.9. The minimum absolute atomic E-state index is 0.122. The summed E-state index contributed by atoms with van der Waals surface area (Å²) in [5, 5.41) is 8.01. The van der Waals surface area contributed by atoms with Crippen LogP contribution in [0.1, 0.15) is 17.5 Å². The van der Waals surface area contributed by atoms with E-state index in [0.29, 0.717) is 22.7 Å². The standard InChI is InChI=1S/C27H27N3O6/c1-15-6-4-5-7-19(15)29-22(31)14-36-25-20(34-2)10-16(11-21(25)35-3)13-28-30-26(32)23-17-8-9-18(12-17)24(23)27(30)33/h4-11,13,17-18,23-24H,12,14H2,1-3H3,(H,29,31)/t17-,18-,23-,24+/m0/s1. The zero-order valence-electron chi connectivity index (χ0n) is 20.3. The number of rotatable bonds is 8. The molecule has 4 atom stereocenters. The zero-order valence-corrected chi connectivity index (χ0v) is 20.3. The topological polar surface area (TPSA) is 107 Å².